The van der Waals surface area contributed by atoms with Gasteiger partial charge in [0, 0.05) is 12.1 Å². The van der Waals surface area contributed by atoms with E-state index in [-0.39, 0.29) is 6.10 Å². The lowest BCUT2D eigenvalue weighted by atomic mass is 10.1. The van der Waals surface area contributed by atoms with E-state index >= 15 is 0 Å². The Balaban J connectivity index is 2.14. The molecule has 2 atom stereocenters. The van der Waals surface area contributed by atoms with Gasteiger partial charge in [0.1, 0.15) is 19.3 Å². The van der Waals surface area contributed by atoms with Crippen LogP contribution < -0.4 is 4.74 Å². The van der Waals surface area contributed by atoms with E-state index in [1.807, 2.05) is 0 Å². The van der Waals surface area contributed by atoms with Crippen LogP contribution in [0.25, 0.3) is 0 Å². The number of rotatable bonds is 3. The second kappa shape index (κ2) is 6.99. The fourth-order valence-electron chi connectivity index (χ4n) is 2.55. The van der Waals surface area contributed by atoms with Crippen LogP contribution in [0.2, 0.25) is 24.8 Å². The van der Waals surface area contributed by atoms with Crippen molar-refractivity contribution in [2.45, 2.75) is 51.6 Å². The fraction of sp³-hybridized carbons (Fsp3) is 0.625. The normalized spacial score (nSPS) is 20.4. The molecule has 2 heterocycles. The lowest BCUT2D eigenvalue weighted by molar-refractivity contribution is 0.116. The van der Waals surface area contributed by atoms with Gasteiger partial charge in [-0.2, -0.15) is 4.98 Å². The molecule has 0 bridgehead atoms. The summed E-state index contributed by atoms with van der Waals surface area (Å²) in [5.41, 5.74) is 3.25. The van der Waals surface area contributed by atoms with Crippen molar-refractivity contribution in [2.75, 3.05) is 13.6 Å². The first-order valence-electron chi connectivity index (χ1n) is 7.69. The van der Waals surface area contributed by atoms with Gasteiger partial charge in [-0.05, 0) is 39.3 Å². The number of ether oxygens (including phenoxy) is 1. The lowest BCUT2D eigenvalue weighted by Crippen LogP contribution is -2.38. The first kappa shape index (κ1) is 17.3. The summed E-state index contributed by atoms with van der Waals surface area (Å²) in [6.07, 6.45) is 2.43. The SMILES string of the molecule is C[C@H](Oc1cc(Cl)nc(C#C[Si](C)(C)C)n1)[C@@H]1CCCN1C. The Morgan fingerprint density at radius 3 is 2.73 bits per heavy atom. The van der Waals surface area contributed by atoms with Crippen molar-refractivity contribution in [1.82, 2.24) is 14.9 Å². The average Bonchev–Trinajstić information content (AvgIpc) is 2.81. The number of aromatic nitrogens is 2. The number of nitrogens with zero attached hydrogens (tertiary/aromatic N) is 3. The summed E-state index contributed by atoms with van der Waals surface area (Å²) < 4.78 is 5.99. The Labute approximate surface area is 139 Å². The minimum Gasteiger partial charge on any atom is -0.473 e. The topological polar surface area (TPSA) is 38.3 Å². The summed E-state index contributed by atoms with van der Waals surface area (Å²) in [5, 5.41) is 0.372. The molecule has 4 nitrogen and oxygen atoms in total. The molecule has 22 heavy (non-hydrogen) atoms. The zero-order chi connectivity index (χ0) is 16.3. The van der Waals surface area contributed by atoms with E-state index in [0.717, 1.165) is 13.0 Å². The number of likely N-dealkylation sites (tertiary alicyclic amines) is 1. The van der Waals surface area contributed by atoms with Gasteiger partial charge in [0.25, 0.3) is 0 Å². The highest BCUT2D eigenvalue weighted by Crippen LogP contribution is 2.22. The number of likely N-dealkylation sites (N-methyl/N-ethyl adjacent to an activating group) is 1. The number of hydrogen-bond acceptors (Lipinski definition) is 4. The van der Waals surface area contributed by atoms with Gasteiger partial charge in [-0.1, -0.05) is 31.2 Å². The molecule has 0 N–H and O–H groups in total. The summed E-state index contributed by atoms with van der Waals surface area (Å²) in [7, 11) is 0.665. The third-order valence-corrected chi connectivity index (χ3v) is 4.71. The molecular formula is C16H24ClN3OSi. The Morgan fingerprint density at radius 1 is 1.41 bits per heavy atom. The molecule has 0 radical (unpaired) electrons. The van der Waals surface area contributed by atoms with Gasteiger partial charge in [0.15, 0.2) is 0 Å². The molecule has 1 aliphatic heterocycles. The maximum Gasteiger partial charge on any atom is 0.219 e. The van der Waals surface area contributed by atoms with Crippen LogP contribution in [0.3, 0.4) is 0 Å². The molecule has 6 heteroatoms. The van der Waals surface area contributed by atoms with Crippen molar-refractivity contribution in [1.29, 1.82) is 0 Å². The molecule has 1 fully saturated rings. The molecule has 0 unspecified atom stereocenters. The highest BCUT2D eigenvalue weighted by Gasteiger charge is 2.28. The Kier molecular flexibility index (Phi) is 5.49. The van der Waals surface area contributed by atoms with Gasteiger partial charge < -0.3 is 4.74 Å². The molecule has 0 amide bonds. The first-order chi connectivity index (χ1) is 10.2. The summed E-state index contributed by atoms with van der Waals surface area (Å²) in [6.45, 7) is 9.74. The zero-order valence-corrected chi connectivity index (χ0v) is 15.7. The van der Waals surface area contributed by atoms with Crippen LogP contribution in [0, 0.1) is 11.5 Å². The minimum atomic E-state index is -1.47. The van der Waals surface area contributed by atoms with Crippen LogP contribution in [-0.2, 0) is 0 Å². The largest absolute Gasteiger partial charge is 0.473 e. The Bertz CT molecular complexity index is 591. The quantitative estimate of drug-likeness (QED) is 0.482. The van der Waals surface area contributed by atoms with E-state index in [1.54, 1.807) is 6.07 Å². The Morgan fingerprint density at radius 2 is 2.14 bits per heavy atom. The average molecular weight is 338 g/mol. The standard InChI is InChI=1S/C16H24ClN3OSi/c1-12(13-7-6-9-20(13)2)21-16-11-14(17)18-15(19-16)8-10-22(3,4)5/h11-13H,6-7,9H2,1-5H3/t12-,13-/m0/s1. The third-order valence-electron chi connectivity index (χ3n) is 3.65. The summed E-state index contributed by atoms with van der Waals surface area (Å²) >= 11 is 6.07. The van der Waals surface area contributed by atoms with Crippen LogP contribution in [0.15, 0.2) is 6.07 Å². The molecule has 2 rings (SSSR count). The maximum atomic E-state index is 6.07. The van der Waals surface area contributed by atoms with E-state index < -0.39 is 8.07 Å². The molecule has 0 spiro atoms. The monoisotopic (exact) mass is 337 g/mol. The highest BCUT2D eigenvalue weighted by molar-refractivity contribution is 6.83. The number of halogens is 1. The second-order valence-corrected chi connectivity index (χ2v) is 12.0. The van der Waals surface area contributed by atoms with Gasteiger partial charge >= 0.3 is 0 Å². The highest BCUT2D eigenvalue weighted by atomic mass is 35.5. The second-order valence-electron chi connectivity index (χ2n) is 6.87. The molecule has 0 aliphatic carbocycles. The van der Waals surface area contributed by atoms with Crippen molar-refractivity contribution in [2.24, 2.45) is 0 Å². The summed E-state index contributed by atoms with van der Waals surface area (Å²) in [6, 6.07) is 2.08. The van der Waals surface area contributed by atoms with Gasteiger partial charge in [0.05, 0.1) is 0 Å². The van der Waals surface area contributed by atoms with E-state index in [1.165, 1.54) is 6.42 Å². The lowest BCUT2D eigenvalue weighted by Gasteiger charge is -2.26. The first-order valence-corrected chi connectivity index (χ1v) is 11.6. The third kappa shape index (κ3) is 4.98. The van der Waals surface area contributed by atoms with E-state index in [0.29, 0.717) is 22.9 Å². The van der Waals surface area contributed by atoms with Crippen LogP contribution in [-0.4, -0.2) is 48.7 Å². The van der Waals surface area contributed by atoms with Crippen molar-refractivity contribution < 1.29 is 4.74 Å². The van der Waals surface area contributed by atoms with Gasteiger partial charge in [-0.15, -0.1) is 5.54 Å². The van der Waals surface area contributed by atoms with Gasteiger partial charge in [0.2, 0.25) is 11.7 Å². The number of hydrogen-bond donors (Lipinski definition) is 0. The molecule has 0 aromatic carbocycles. The predicted octanol–water partition coefficient (Wildman–Crippen LogP) is 3.22. The van der Waals surface area contributed by atoms with Gasteiger partial charge in [-0.3, -0.25) is 4.90 Å². The predicted molar refractivity (Wildman–Crippen MR) is 93.0 cm³/mol. The fourth-order valence-corrected chi connectivity index (χ4v) is 3.21. The molecule has 120 valence electrons. The smallest absolute Gasteiger partial charge is 0.219 e. The van der Waals surface area contributed by atoms with Crippen LogP contribution in [0.4, 0.5) is 0 Å². The molecule has 1 saturated heterocycles. The molecule has 1 aliphatic rings. The summed E-state index contributed by atoms with van der Waals surface area (Å²) in [5.74, 6) is 3.98. The van der Waals surface area contributed by atoms with Crippen molar-refractivity contribution in [3.05, 3.63) is 17.0 Å². The minimum absolute atomic E-state index is 0.0660. The van der Waals surface area contributed by atoms with Crippen molar-refractivity contribution >= 4 is 19.7 Å². The maximum absolute atomic E-state index is 6.07. The zero-order valence-electron chi connectivity index (χ0n) is 14.0. The van der Waals surface area contributed by atoms with E-state index in [4.69, 9.17) is 16.3 Å². The molecule has 0 saturated carbocycles. The molecular weight excluding hydrogens is 314 g/mol. The van der Waals surface area contributed by atoms with Crippen LogP contribution in [0.5, 0.6) is 5.88 Å². The van der Waals surface area contributed by atoms with Crippen LogP contribution >= 0.6 is 11.6 Å². The molecule has 1 aromatic rings. The molecule has 1 aromatic heterocycles. The van der Waals surface area contributed by atoms with Gasteiger partial charge in [-0.25, -0.2) is 4.98 Å². The van der Waals surface area contributed by atoms with E-state index in [2.05, 4.69) is 59.9 Å². The van der Waals surface area contributed by atoms with Crippen molar-refractivity contribution in [3.63, 3.8) is 0 Å². The summed E-state index contributed by atoms with van der Waals surface area (Å²) in [4.78, 5) is 10.9. The van der Waals surface area contributed by atoms with Crippen LogP contribution in [0.1, 0.15) is 25.6 Å². The van der Waals surface area contributed by atoms with Crippen molar-refractivity contribution in [3.8, 4) is 17.3 Å². The Hall–Kier alpha value is -1.09. The van der Waals surface area contributed by atoms with E-state index in [9.17, 15) is 0 Å².